The minimum atomic E-state index is -0.249. The van der Waals surface area contributed by atoms with Gasteiger partial charge in [0.05, 0.1) is 0 Å². The first-order valence-corrected chi connectivity index (χ1v) is 5.51. The quantitative estimate of drug-likeness (QED) is 0.318. The Morgan fingerprint density at radius 2 is 2.24 bits per heavy atom. The fourth-order valence-corrected chi connectivity index (χ4v) is 1.45. The van der Waals surface area contributed by atoms with E-state index in [0.29, 0.717) is 6.54 Å². The summed E-state index contributed by atoms with van der Waals surface area (Å²) in [6.45, 7) is 4.35. The summed E-state index contributed by atoms with van der Waals surface area (Å²) in [6, 6.07) is 6.45. The summed E-state index contributed by atoms with van der Waals surface area (Å²) in [6.07, 6.45) is 0. The van der Waals surface area contributed by atoms with E-state index in [1.165, 1.54) is 12.1 Å². The Balaban J connectivity index is 2.53. The molecule has 4 nitrogen and oxygen atoms in total. The summed E-state index contributed by atoms with van der Waals surface area (Å²) >= 11 is 0. The molecular formula is C12H18FN3O. The summed E-state index contributed by atoms with van der Waals surface area (Å²) in [4.78, 5) is 0. The fourth-order valence-electron chi connectivity index (χ4n) is 1.45. The van der Waals surface area contributed by atoms with Crippen molar-refractivity contribution in [3.05, 3.63) is 35.6 Å². The molecule has 94 valence electrons. The number of nitrogens with two attached hydrogens (primary N) is 1. The average molecular weight is 239 g/mol. The van der Waals surface area contributed by atoms with E-state index in [-0.39, 0.29) is 23.6 Å². The minimum Gasteiger partial charge on any atom is -0.409 e. The summed E-state index contributed by atoms with van der Waals surface area (Å²) < 4.78 is 13.0. The lowest BCUT2D eigenvalue weighted by Crippen LogP contribution is -2.32. The molecule has 0 amide bonds. The lowest BCUT2D eigenvalue weighted by Gasteiger charge is -2.17. The smallest absolute Gasteiger partial charge is 0.143 e. The number of hydrogen-bond acceptors (Lipinski definition) is 3. The molecule has 1 aromatic carbocycles. The van der Waals surface area contributed by atoms with Gasteiger partial charge in [0.1, 0.15) is 11.7 Å². The van der Waals surface area contributed by atoms with Crippen molar-refractivity contribution in [2.75, 3.05) is 6.54 Å². The Morgan fingerprint density at radius 3 is 2.82 bits per heavy atom. The first-order chi connectivity index (χ1) is 8.04. The third-order valence-corrected chi connectivity index (χ3v) is 2.70. The van der Waals surface area contributed by atoms with Crippen LogP contribution in [0.3, 0.4) is 0 Å². The summed E-state index contributed by atoms with van der Waals surface area (Å²) in [5.41, 5.74) is 6.34. The molecule has 17 heavy (non-hydrogen) atoms. The van der Waals surface area contributed by atoms with Crippen LogP contribution in [0.4, 0.5) is 4.39 Å². The topological polar surface area (TPSA) is 70.6 Å². The van der Waals surface area contributed by atoms with Crippen LogP contribution in [0.15, 0.2) is 29.4 Å². The first-order valence-electron chi connectivity index (χ1n) is 5.51. The Bertz CT molecular complexity index is 395. The molecule has 0 saturated carbocycles. The predicted octanol–water partition coefficient (Wildman–Crippen LogP) is 1.86. The molecule has 0 aliphatic rings. The zero-order chi connectivity index (χ0) is 12.8. The predicted molar refractivity (Wildman–Crippen MR) is 65.4 cm³/mol. The Labute approximate surface area is 100 Å². The third kappa shape index (κ3) is 4.03. The van der Waals surface area contributed by atoms with E-state index in [1.807, 2.05) is 19.9 Å². The van der Waals surface area contributed by atoms with E-state index < -0.39 is 0 Å². The van der Waals surface area contributed by atoms with Crippen LogP contribution < -0.4 is 11.1 Å². The minimum absolute atomic E-state index is 0.0136. The molecule has 4 N–H and O–H groups in total. The maximum atomic E-state index is 13.0. The lowest BCUT2D eigenvalue weighted by atomic mass is 10.1. The van der Waals surface area contributed by atoms with Crippen molar-refractivity contribution < 1.29 is 9.60 Å². The highest BCUT2D eigenvalue weighted by molar-refractivity contribution is 5.82. The van der Waals surface area contributed by atoms with E-state index in [2.05, 4.69) is 10.5 Å². The number of benzene rings is 1. The van der Waals surface area contributed by atoms with Crippen LogP contribution in [0.2, 0.25) is 0 Å². The van der Waals surface area contributed by atoms with Crippen molar-refractivity contribution in [1.29, 1.82) is 0 Å². The zero-order valence-electron chi connectivity index (χ0n) is 10.0. The number of nitrogens with zero attached hydrogens (tertiary/aromatic N) is 1. The first kappa shape index (κ1) is 13.4. The molecule has 0 heterocycles. The Morgan fingerprint density at radius 1 is 1.53 bits per heavy atom. The molecule has 1 rings (SSSR count). The zero-order valence-corrected chi connectivity index (χ0v) is 10.0. The van der Waals surface area contributed by atoms with Crippen LogP contribution in [0.1, 0.15) is 25.5 Å². The molecule has 0 aliphatic carbocycles. The van der Waals surface area contributed by atoms with Gasteiger partial charge in [0.15, 0.2) is 0 Å². The second-order valence-corrected chi connectivity index (χ2v) is 4.11. The van der Waals surface area contributed by atoms with Crippen molar-refractivity contribution in [1.82, 2.24) is 5.32 Å². The Kier molecular flexibility index (Phi) is 4.90. The van der Waals surface area contributed by atoms with Gasteiger partial charge in [-0.1, -0.05) is 24.2 Å². The maximum Gasteiger partial charge on any atom is 0.143 e. The van der Waals surface area contributed by atoms with Gasteiger partial charge < -0.3 is 16.3 Å². The molecule has 2 atom stereocenters. The van der Waals surface area contributed by atoms with Gasteiger partial charge in [0.2, 0.25) is 0 Å². The van der Waals surface area contributed by atoms with Crippen molar-refractivity contribution in [3.8, 4) is 0 Å². The standard InChI is InChI=1S/C12H18FN3O/c1-8(12(14)16-17)7-15-9(2)10-4-3-5-11(13)6-10/h3-6,8-9,15,17H,7H2,1-2H3,(H2,14,16)/t8?,9-/m0/s1. The van der Waals surface area contributed by atoms with E-state index in [4.69, 9.17) is 10.9 Å². The van der Waals surface area contributed by atoms with Gasteiger partial charge >= 0.3 is 0 Å². The van der Waals surface area contributed by atoms with Crippen LogP contribution in [-0.4, -0.2) is 17.6 Å². The van der Waals surface area contributed by atoms with Crippen LogP contribution >= 0.6 is 0 Å². The number of halogens is 1. The van der Waals surface area contributed by atoms with Gasteiger partial charge in [-0.15, -0.1) is 0 Å². The molecule has 1 unspecified atom stereocenters. The monoisotopic (exact) mass is 239 g/mol. The molecule has 0 bridgehead atoms. The van der Waals surface area contributed by atoms with Gasteiger partial charge in [0.25, 0.3) is 0 Å². The van der Waals surface area contributed by atoms with Gasteiger partial charge in [-0.25, -0.2) is 4.39 Å². The number of hydrogen-bond donors (Lipinski definition) is 3. The SMILES string of the molecule is CC(CN[C@@H](C)c1cccc(F)c1)/C(N)=N/O. The van der Waals surface area contributed by atoms with Crippen molar-refractivity contribution in [2.45, 2.75) is 19.9 Å². The summed E-state index contributed by atoms with van der Waals surface area (Å²) in [5, 5.41) is 14.7. The number of amidine groups is 1. The molecular weight excluding hydrogens is 221 g/mol. The molecule has 0 spiro atoms. The van der Waals surface area contributed by atoms with Crippen LogP contribution in [0.25, 0.3) is 0 Å². The number of rotatable bonds is 5. The van der Waals surface area contributed by atoms with E-state index in [0.717, 1.165) is 5.56 Å². The highest BCUT2D eigenvalue weighted by Gasteiger charge is 2.10. The molecule has 0 fully saturated rings. The van der Waals surface area contributed by atoms with Crippen LogP contribution in [0, 0.1) is 11.7 Å². The van der Waals surface area contributed by atoms with Gasteiger partial charge in [-0.3, -0.25) is 0 Å². The summed E-state index contributed by atoms with van der Waals surface area (Å²) in [7, 11) is 0. The normalized spacial score (nSPS) is 15.6. The third-order valence-electron chi connectivity index (χ3n) is 2.70. The average Bonchev–Trinajstić information content (AvgIpc) is 2.34. The van der Waals surface area contributed by atoms with Crippen molar-refractivity contribution >= 4 is 5.84 Å². The highest BCUT2D eigenvalue weighted by Crippen LogP contribution is 2.13. The second kappa shape index (κ2) is 6.20. The largest absolute Gasteiger partial charge is 0.409 e. The molecule has 5 heteroatoms. The fraction of sp³-hybridized carbons (Fsp3) is 0.417. The van der Waals surface area contributed by atoms with Crippen molar-refractivity contribution in [2.24, 2.45) is 16.8 Å². The molecule has 0 aromatic heterocycles. The van der Waals surface area contributed by atoms with E-state index in [9.17, 15) is 4.39 Å². The molecule has 0 radical (unpaired) electrons. The lowest BCUT2D eigenvalue weighted by molar-refractivity contribution is 0.313. The highest BCUT2D eigenvalue weighted by atomic mass is 19.1. The van der Waals surface area contributed by atoms with E-state index in [1.54, 1.807) is 6.07 Å². The number of nitrogens with one attached hydrogen (secondary N) is 1. The molecule has 0 aliphatic heterocycles. The Hall–Kier alpha value is -1.62. The summed E-state index contributed by atoms with van der Waals surface area (Å²) in [5.74, 6) is -0.138. The van der Waals surface area contributed by atoms with Crippen LogP contribution in [0.5, 0.6) is 0 Å². The molecule has 1 aromatic rings. The maximum absolute atomic E-state index is 13.0. The molecule has 0 saturated heterocycles. The van der Waals surface area contributed by atoms with Gasteiger partial charge in [-0.05, 0) is 24.6 Å². The second-order valence-electron chi connectivity index (χ2n) is 4.11. The van der Waals surface area contributed by atoms with Gasteiger partial charge in [0, 0.05) is 18.5 Å². The van der Waals surface area contributed by atoms with Gasteiger partial charge in [-0.2, -0.15) is 0 Å². The number of oxime groups is 1. The van der Waals surface area contributed by atoms with Crippen molar-refractivity contribution in [3.63, 3.8) is 0 Å². The van der Waals surface area contributed by atoms with E-state index >= 15 is 0 Å². The van der Waals surface area contributed by atoms with Crippen LogP contribution in [-0.2, 0) is 0 Å².